The molecule has 2 amide bonds. The standard InChI is InChI=1S/C22H26N2O4S/c1-13(2)10-16(22(27)24-9-5-7-18-20(24)17(25)11-28-18)23-21(26)15-12-29-19-8-4-3-6-14(15)19/h3-4,6,8,12-13,16,18,20H,5,7,9-11H2,1-2H3,(H,23,26)/t16-,18+,20+/m0/s1. The zero-order valence-electron chi connectivity index (χ0n) is 16.7. The number of Topliss-reactive ketones (excluding diaryl/α,β-unsaturated/α-hetero) is 1. The highest BCUT2D eigenvalue weighted by Crippen LogP contribution is 2.28. The van der Waals surface area contributed by atoms with Gasteiger partial charge in [-0.3, -0.25) is 14.4 Å². The number of rotatable bonds is 5. The molecule has 2 aliphatic rings. The van der Waals surface area contributed by atoms with Gasteiger partial charge in [-0.1, -0.05) is 32.0 Å². The molecule has 7 heteroatoms. The Labute approximate surface area is 174 Å². The van der Waals surface area contributed by atoms with E-state index in [1.54, 1.807) is 4.90 Å². The summed E-state index contributed by atoms with van der Waals surface area (Å²) in [5.41, 5.74) is 0.587. The van der Waals surface area contributed by atoms with Crippen LogP contribution in [0, 0.1) is 5.92 Å². The number of hydrogen-bond acceptors (Lipinski definition) is 5. The molecular weight excluding hydrogens is 388 g/mol. The van der Waals surface area contributed by atoms with Crippen LogP contribution in [0.1, 0.15) is 43.5 Å². The van der Waals surface area contributed by atoms with E-state index in [1.165, 1.54) is 11.3 Å². The molecule has 3 heterocycles. The Morgan fingerprint density at radius 3 is 2.90 bits per heavy atom. The molecule has 29 heavy (non-hydrogen) atoms. The summed E-state index contributed by atoms with van der Waals surface area (Å²) in [6.45, 7) is 4.65. The van der Waals surface area contributed by atoms with Gasteiger partial charge in [0.15, 0.2) is 5.78 Å². The Hall–Kier alpha value is -2.25. The molecule has 0 radical (unpaired) electrons. The van der Waals surface area contributed by atoms with Gasteiger partial charge in [-0.15, -0.1) is 11.3 Å². The zero-order chi connectivity index (χ0) is 20.5. The number of carbonyl (C=O) groups excluding carboxylic acids is 3. The van der Waals surface area contributed by atoms with E-state index in [4.69, 9.17) is 4.74 Å². The third-order valence-corrected chi connectivity index (χ3v) is 6.63. The molecule has 0 aliphatic carbocycles. The summed E-state index contributed by atoms with van der Waals surface area (Å²) < 4.78 is 6.61. The van der Waals surface area contributed by atoms with Crippen LogP contribution in [-0.2, 0) is 14.3 Å². The molecular formula is C22H26N2O4S. The number of ether oxygens (including phenoxy) is 1. The van der Waals surface area contributed by atoms with Crippen LogP contribution in [-0.4, -0.2) is 53.8 Å². The van der Waals surface area contributed by atoms with Gasteiger partial charge in [-0.2, -0.15) is 0 Å². The van der Waals surface area contributed by atoms with Gasteiger partial charge in [0.25, 0.3) is 5.91 Å². The third-order valence-electron chi connectivity index (χ3n) is 5.66. The highest BCUT2D eigenvalue weighted by Gasteiger charge is 2.45. The van der Waals surface area contributed by atoms with Crippen molar-refractivity contribution in [3.8, 4) is 0 Å². The van der Waals surface area contributed by atoms with Crippen LogP contribution < -0.4 is 5.32 Å². The Morgan fingerprint density at radius 2 is 2.10 bits per heavy atom. The molecule has 0 bridgehead atoms. The summed E-state index contributed by atoms with van der Waals surface area (Å²) in [7, 11) is 0. The average molecular weight is 415 g/mol. The van der Waals surface area contributed by atoms with Crippen LogP contribution in [0.4, 0.5) is 0 Å². The van der Waals surface area contributed by atoms with Crippen molar-refractivity contribution in [2.24, 2.45) is 5.92 Å². The van der Waals surface area contributed by atoms with E-state index in [1.807, 2.05) is 43.5 Å². The number of benzene rings is 1. The normalized spacial score (nSPS) is 22.7. The van der Waals surface area contributed by atoms with E-state index in [2.05, 4.69) is 5.32 Å². The van der Waals surface area contributed by atoms with Gasteiger partial charge in [0.1, 0.15) is 18.7 Å². The Kier molecular flexibility index (Phi) is 5.69. The summed E-state index contributed by atoms with van der Waals surface area (Å²) in [6, 6.07) is 6.58. The molecule has 0 spiro atoms. The van der Waals surface area contributed by atoms with Crippen molar-refractivity contribution in [1.82, 2.24) is 10.2 Å². The van der Waals surface area contributed by atoms with Crippen molar-refractivity contribution < 1.29 is 19.1 Å². The molecule has 3 atom stereocenters. The van der Waals surface area contributed by atoms with Crippen LogP contribution in [0.2, 0.25) is 0 Å². The Morgan fingerprint density at radius 1 is 1.31 bits per heavy atom. The number of likely N-dealkylation sites (tertiary alicyclic amines) is 1. The topological polar surface area (TPSA) is 75.7 Å². The molecule has 4 rings (SSSR count). The fourth-order valence-corrected chi connectivity index (χ4v) is 5.26. The molecule has 0 saturated carbocycles. The van der Waals surface area contributed by atoms with Crippen molar-refractivity contribution in [3.05, 3.63) is 35.2 Å². The second-order valence-electron chi connectivity index (χ2n) is 8.24. The molecule has 1 N–H and O–H groups in total. The van der Waals surface area contributed by atoms with Crippen molar-refractivity contribution in [2.45, 2.75) is 51.3 Å². The second-order valence-corrected chi connectivity index (χ2v) is 9.15. The van der Waals surface area contributed by atoms with Gasteiger partial charge < -0.3 is 15.0 Å². The highest BCUT2D eigenvalue weighted by atomic mass is 32.1. The summed E-state index contributed by atoms with van der Waals surface area (Å²) in [4.78, 5) is 40.4. The largest absolute Gasteiger partial charge is 0.368 e. The number of ketones is 1. The Bertz CT molecular complexity index is 938. The number of carbonyl (C=O) groups is 3. The fourth-order valence-electron chi connectivity index (χ4n) is 4.32. The number of nitrogens with zero attached hydrogens (tertiary/aromatic N) is 1. The Balaban J connectivity index is 1.56. The molecule has 2 aliphatic heterocycles. The van der Waals surface area contributed by atoms with Crippen molar-refractivity contribution in [1.29, 1.82) is 0 Å². The SMILES string of the molecule is CC(C)C[C@H](NC(=O)c1csc2ccccc12)C(=O)N1CCC[C@H]2OCC(=O)[C@H]21. The first-order chi connectivity index (χ1) is 14.0. The minimum atomic E-state index is -0.659. The number of piperidine rings is 1. The number of thiophene rings is 1. The highest BCUT2D eigenvalue weighted by molar-refractivity contribution is 7.17. The minimum Gasteiger partial charge on any atom is -0.368 e. The van der Waals surface area contributed by atoms with Crippen LogP contribution >= 0.6 is 11.3 Å². The second kappa shape index (κ2) is 8.24. The summed E-state index contributed by atoms with van der Waals surface area (Å²) >= 11 is 1.52. The van der Waals surface area contributed by atoms with Crippen LogP contribution in [0.15, 0.2) is 29.6 Å². The van der Waals surface area contributed by atoms with E-state index in [-0.39, 0.29) is 36.2 Å². The number of hydrogen-bond donors (Lipinski definition) is 1. The fraction of sp³-hybridized carbons (Fsp3) is 0.500. The number of nitrogens with one attached hydrogen (secondary N) is 1. The molecule has 1 aromatic carbocycles. The van der Waals surface area contributed by atoms with E-state index in [0.717, 1.165) is 22.9 Å². The van der Waals surface area contributed by atoms with Crippen LogP contribution in [0.5, 0.6) is 0 Å². The first kappa shape index (κ1) is 20.0. The predicted molar refractivity (Wildman–Crippen MR) is 112 cm³/mol. The lowest BCUT2D eigenvalue weighted by Crippen LogP contribution is -2.58. The summed E-state index contributed by atoms with van der Waals surface area (Å²) in [6.07, 6.45) is 1.91. The van der Waals surface area contributed by atoms with Gasteiger partial charge in [-0.25, -0.2) is 0 Å². The van der Waals surface area contributed by atoms with Crippen LogP contribution in [0.25, 0.3) is 10.1 Å². The molecule has 154 valence electrons. The molecule has 1 aromatic heterocycles. The first-order valence-corrected chi connectivity index (χ1v) is 11.1. The lowest BCUT2D eigenvalue weighted by atomic mass is 9.95. The lowest BCUT2D eigenvalue weighted by Gasteiger charge is -2.37. The van der Waals surface area contributed by atoms with Crippen molar-refractivity contribution in [3.63, 3.8) is 0 Å². The average Bonchev–Trinajstić information content (AvgIpc) is 3.30. The maximum atomic E-state index is 13.4. The zero-order valence-corrected chi connectivity index (χ0v) is 17.5. The quantitative estimate of drug-likeness (QED) is 0.816. The van der Waals surface area contributed by atoms with Crippen LogP contribution in [0.3, 0.4) is 0 Å². The van der Waals surface area contributed by atoms with Gasteiger partial charge in [0.05, 0.1) is 11.7 Å². The monoisotopic (exact) mass is 414 g/mol. The minimum absolute atomic E-state index is 0.0403. The van der Waals surface area contributed by atoms with Gasteiger partial charge in [-0.05, 0) is 31.2 Å². The van der Waals surface area contributed by atoms with Gasteiger partial charge in [0, 0.05) is 22.0 Å². The van der Waals surface area contributed by atoms with Crippen molar-refractivity contribution in [2.75, 3.05) is 13.2 Å². The van der Waals surface area contributed by atoms with E-state index >= 15 is 0 Å². The maximum absolute atomic E-state index is 13.4. The third kappa shape index (κ3) is 3.94. The molecule has 0 unspecified atom stereocenters. The van der Waals surface area contributed by atoms with E-state index < -0.39 is 12.1 Å². The summed E-state index contributed by atoms with van der Waals surface area (Å²) in [5.74, 6) is -0.245. The van der Waals surface area contributed by atoms with Gasteiger partial charge in [0.2, 0.25) is 5.91 Å². The van der Waals surface area contributed by atoms with Gasteiger partial charge >= 0.3 is 0 Å². The lowest BCUT2D eigenvalue weighted by molar-refractivity contribution is -0.142. The maximum Gasteiger partial charge on any atom is 0.253 e. The van der Waals surface area contributed by atoms with Crippen molar-refractivity contribution >= 4 is 39.0 Å². The number of amides is 2. The molecule has 2 fully saturated rings. The number of fused-ring (bicyclic) bond motifs is 2. The summed E-state index contributed by atoms with van der Waals surface area (Å²) in [5, 5.41) is 5.69. The predicted octanol–water partition coefficient (Wildman–Crippen LogP) is 3.00. The molecule has 2 saturated heterocycles. The smallest absolute Gasteiger partial charge is 0.253 e. The first-order valence-electron chi connectivity index (χ1n) is 10.2. The molecule has 2 aromatic rings. The molecule has 6 nitrogen and oxygen atoms in total. The van der Waals surface area contributed by atoms with E-state index in [0.29, 0.717) is 18.5 Å². The van der Waals surface area contributed by atoms with E-state index in [9.17, 15) is 14.4 Å².